The highest BCUT2D eigenvalue weighted by Crippen LogP contribution is 2.53. The van der Waals surface area contributed by atoms with Crippen molar-refractivity contribution in [1.29, 1.82) is 0 Å². The van der Waals surface area contributed by atoms with Crippen LogP contribution in [0, 0.1) is 0 Å². The van der Waals surface area contributed by atoms with Crippen molar-refractivity contribution in [3.8, 4) is 100 Å². The monoisotopic (exact) mass is 1940 g/mol. The molecule has 4 heterocycles. The summed E-state index contributed by atoms with van der Waals surface area (Å²) in [4.78, 5) is 0. The highest BCUT2D eigenvalue weighted by atomic mass is 16.3. The normalized spacial score (nSPS) is 14.7. The Morgan fingerprint density at radius 1 is 0.113 bits per heavy atom. The Kier molecular flexibility index (Phi) is 14.5. The molecule has 0 amide bonds. The van der Waals surface area contributed by atoms with Crippen LogP contribution in [0.4, 0.5) is 0 Å². The molecule has 0 spiro atoms. The van der Waals surface area contributed by atoms with Gasteiger partial charge in [0.2, 0.25) is 0 Å². The molecule has 0 N–H and O–H groups in total. The number of hydrogen-bond donors (Lipinski definition) is 0. The van der Waals surface area contributed by atoms with Gasteiger partial charge in [-0.05, 0) is 298 Å². The van der Waals surface area contributed by atoms with Crippen LogP contribution in [0.3, 0.4) is 0 Å². The standard InChI is InChI=1S/C42H26O.2C36H22O.C32H20O/c1-2-12-27(13-3-1)29-23-24-37(31-15-5-4-14-30(29)31)42-35-19-8-6-17-33(35)41(34-18-7-9-20-36(34)42)28-22-25-40-38(26-28)32-16-10-11-21-39(32)43-40;1-2-12-25-23(10-1)11-9-18-27(25)36-30-16-5-3-14-28(30)35(29-15-4-6-17-31(29)36)24-20-21-34-32(22-24)26-13-7-8-19-33(26)37-34;1-2-10-24-21-25(18-17-23(24)9-1)35-28-12-3-5-14-30(28)36(31-15-6-4-13-29(31)35)26-19-20-34-32(22-26)27-11-7-8-16-33(27)37-34;1-2-10-21(11-3-1)31-24-13-4-6-15-26(24)32(27-16-7-5-14-25(27)31)22-18-19-30-28(20-22)23-12-8-9-17-29(23)33-30/h1-26H;2*1-22H;1-20H/i6D,7D,8D,9D,17D,18D,19D,20D;3D,4D,5D,6D,14D,15D,16D,17D;3D,4D,5D,6D,12D,13D,14D,15D;4D,5D,6D,7D,13D,14D,15D,16D. The van der Waals surface area contributed by atoms with Crippen LogP contribution in [0.5, 0.6) is 0 Å². The Labute approximate surface area is 908 Å². The van der Waals surface area contributed by atoms with Crippen LogP contribution in [0.15, 0.2) is 563 Å². The Hall–Kier alpha value is -19.8. The summed E-state index contributed by atoms with van der Waals surface area (Å²) in [6, 6.07) is 97.9. The molecular formula is C146H90O4. The zero-order chi connectivity index (χ0) is 127. The van der Waals surface area contributed by atoms with E-state index >= 15 is 0 Å². The van der Waals surface area contributed by atoms with Crippen molar-refractivity contribution < 1.29 is 61.5 Å². The zero-order valence-corrected chi connectivity index (χ0v) is 79.1. The first-order valence-corrected chi connectivity index (χ1v) is 48.8. The Bertz CT molecular complexity index is 12900. The van der Waals surface area contributed by atoms with Crippen molar-refractivity contribution in [2.45, 2.75) is 0 Å². The van der Waals surface area contributed by atoms with Gasteiger partial charge in [0, 0.05) is 43.1 Å². The molecule has 0 saturated carbocycles. The van der Waals surface area contributed by atoms with E-state index in [0.717, 1.165) is 86.5 Å². The molecule has 32 aromatic rings. The van der Waals surface area contributed by atoms with Crippen LogP contribution in [0.2, 0.25) is 0 Å². The third-order valence-corrected chi connectivity index (χ3v) is 28.6. The minimum absolute atomic E-state index is 0.178. The summed E-state index contributed by atoms with van der Waals surface area (Å²) in [6.07, 6.45) is 0. The predicted molar refractivity (Wildman–Crippen MR) is 636 cm³/mol. The molecule has 4 heteroatoms. The lowest BCUT2D eigenvalue weighted by Gasteiger charge is -2.19. The van der Waals surface area contributed by atoms with E-state index in [1.807, 2.05) is 279 Å². The van der Waals surface area contributed by atoms with E-state index in [1.54, 1.807) is 72.8 Å². The number of para-hydroxylation sites is 4. The molecule has 0 saturated heterocycles. The van der Waals surface area contributed by atoms with E-state index in [1.165, 1.54) is 0 Å². The van der Waals surface area contributed by atoms with E-state index in [2.05, 4.69) is 0 Å². The van der Waals surface area contributed by atoms with E-state index < -0.39 is 96.7 Å². The van der Waals surface area contributed by atoms with Gasteiger partial charge in [-0.3, -0.25) is 0 Å². The van der Waals surface area contributed by atoms with Crippen molar-refractivity contribution in [3.63, 3.8) is 0 Å². The third kappa shape index (κ3) is 14.6. The average molecular weight is 1940 g/mol. The minimum Gasteiger partial charge on any atom is -0.456 e. The smallest absolute Gasteiger partial charge is 0.135 e. The first-order valence-electron chi connectivity index (χ1n) is 64.8. The van der Waals surface area contributed by atoms with Gasteiger partial charge in [0.15, 0.2) is 0 Å². The van der Waals surface area contributed by atoms with Crippen molar-refractivity contribution in [1.82, 2.24) is 0 Å². The van der Waals surface area contributed by atoms with Crippen LogP contribution in [0.25, 0.3) is 306 Å². The zero-order valence-electron chi connectivity index (χ0n) is 111. The highest BCUT2D eigenvalue weighted by molar-refractivity contribution is 6.29. The summed E-state index contributed by atoms with van der Waals surface area (Å²) >= 11 is 0. The first kappa shape index (κ1) is 60.1. The van der Waals surface area contributed by atoms with Gasteiger partial charge in [-0.2, -0.15) is 0 Å². The highest BCUT2D eigenvalue weighted by Gasteiger charge is 2.27. The number of benzene rings is 28. The predicted octanol–water partition coefficient (Wildman–Crippen LogP) is 42.0. The van der Waals surface area contributed by atoms with Crippen molar-refractivity contribution >= 4 is 206 Å². The maximum absolute atomic E-state index is 9.37. The second-order valence-electron chi connectivity index (χ2n) is 36.8. The molecule has 32 rings (SSSR count). The molecule has 28 aromatic carbocycles. The Morgan fingerprint density at radius 3 is 0.667 bits per heavy atom. The lowest BCUT2D eigenvalue weighted by molar-refractivity contribution is 0.668. The molecule has 0 bridgehead atoms. The molecule has 0 aliphatic heterocycles. The minimum atomic E-state index is -0.431. The average Bonchev–Trinajstić information content (AvgIpc) is 0.894. The van der Waals surface area contributed by atoms with Crippen molar-refractivity contribution in [3.05, 3.63) is 545 Å². The molecule has 4 nitrogen and oxygen atoms in total. The molecular weight excluding hydrogens is 1820 g/mol. The van der Waals surface area contributed by atoms with Gasteiger partial charge in [-0.15, -0.1) is 0 Å². The molecule has 0 fully saturated rings. The first-order chi connectivity index (χ1) is 87.7. The molecule has 0 aliphatic carbocycles. The Balaban J connectivity index is 0.000000108. The quantitative estimate of drug-likeness (QED) is 0.135. The maximum Gasteiger partial charge on any atom is 0.135 e. The van der Waals surface area contributed by atoms with Crippen molar-refractivity contribution in [2.75, 3.05) is 0 Å². The van der Waals surface area contributed by atoms with E-state index in [4.69, 9.17) is 50.6 Å². The fraction of sp³-hybridized carbons (Fsp3) is 0. The van der Waals surface area contributed by atoms with Gasteiger partial charge < -0.3 is 17.7 Å². The van der Waals surface area contributed by atoms with Crippen LogP contribution in [-0.2, 0) is 0 Å². The number of fused-ring (bicyclic) bond motifs is 23. The fourth-order valence-electron chi connectivity index (χ4n) is 22.1. The third-order valence-electron chi connectivity index (χ3n) is 28.6. The van der Waals surface area contributed by atoms with Gasteiger partial charge in [0.05, 0.1) is 43.9 Å². The van der Waals surface area contributed by atoms with E-state index in [0.29, 0.717) is 134 Å². The molecule has 4 aromatic heterocycles. The molecule has 0 radical (unpaired) electrons. The largest absolute Gasteiger partial charge is 0.456 e. The van der Waals surface area contributed by atoms with Crippen LogP contribution < -0.4 is 0 Å². The number of rotatable bonds is 9. The van der Waals surface area contributed by atoms with Crippen LogP contribution in [0.1, 0.15) is 43.9 Å². The second-order valence-corrected chi connectivity index (χ2v) is 36.8. The lowest BCUT2D eigenvalue weighted by Crippen LogP contribution is -1.92. The summed E-state index contributed by atoms with van der Waals surface area (Å²) in [7, 11) is 0. The van der Waals surface area contributed by atoms with Crippen LogP contribution in [-0.4, -0.2) is 0 Å². The summed E-state index contributed by atoms with van der Waals surface area (Å²) in [5.41, 5.74) is 14.4. The molecule has 150 heavy (non-hydrogen) atoms. The van der Waals surface area contributed by atoms with Gasteiger partial charge in [0.25, 0.3) is 0 Å². The summed E-state index contributed by atoms with van der Waals surface area (Å²) < 4.78 is 310. The van der Waals surface area contributed by atoms with Gasteiger partial charge >= 0.3 is 0 Å². The summed E-state index contributed by atoms with van der Waals surface area (Å²) in [6.45, 7) is 0. The summed E-state index contributed by atoms with van der Waals surface area (Å²) in [5, 5.41) is 14.8. The summed E-state index contributed by atoms with van der Waals surface area (Å²) in [5.74, 6) is 0. The van der Waals surface area contributed by atoms with Gasteiger partial charge in [-0.25, -0.2) is 0 Å². The number of hydrogen-bond acceptors (Lipinski definition) is 4. The molecule has 698 valence electrons. The topological polar surface area (TPSA) is 52.6 Å². The van der Waals surface area contributed by atoms with Gasteiger partial charge in [0.1, 0.15) is 44.7 Å². The van der Waals surface area contributed by atoms with Crippen molar-refractivity contribution in [2.24, 2.45) is 0 Å². The lowest BCUT2D eigenvalue weighted by atomic mass is 9.83. The maximum atomic E-state index is 9.37. The second kappa shape index (κ2) is 36.2. The fourth-order valence-corrected chi connectivity index (χ4v) is 22.1. The van der Waals surface area contributed by atoms with Crippen LogP contribution >= 0.6 is 0 Å². The van der Waals surface area contributed by atoms with E-state index in [9.17, 15) is 11.0 Å². The Morgan fingerprint density at radius 2 is 0.333 bits per heavy atom. The van der Waals surface area contributed by atoms with E-state index in [-0.39, 0.29) is 183 Å². The molecule has 0 unspecified atom stereocenters. The SMILES string of the molecule is [2H]c1c([2H])c([2H])c2c(-c3ccc(-c4ccccc4)c4ccccc34)c3c([2H])c([2H])c([2H])c([2H])c3c(-c3ccc4oc5ccccc5c4c3)c2c1[2H].[2H]c1c([2H])c([2H])c2c(-c3ccc4oc5ccccc5c4c3)c3c([2H])c([2H])c([2H])c([2H])c3c(-c3ccc4ccccc4c3)c2c1[2H].[2H]c1c([2H])c([2H])c2c(-c3ccc4oc5ccccc5c4c3)c3c([2H])c([2H])c([2H])c([2H])c3c(-c3ccccc3)c2c1[2H].[2H]c1c([2H])c([2H])c2c(-c3cccc4ccccc34)c3c([2H])c([2H])c([2H])c([2H])c3c(-c3ccc4oc5ccccc5c4c3)c2c1[2H]. The molecule has 0 atom stereocenters. The van der Waals surface area contributed by atoms with Gasteiger partial charge in [-0.1, -0.05) is 466 Å². The number of furan rings is 4. The molecule has 0 aliphatic rings.